The molecule has 0 aromatic carbocycles. The number of Topliss-reactive ketones (excluding diaryl/α,β-unsaturated/α-hetero) is 1. The van der Waals surface area contributed by atoms with Crippen molar-refractivity contribution in [1.29, 1.82) is 0 Å². The lowest BCUT2D eigenvalue weighted by atomic mass is 10.2. The number of rotatable bonds is 7. The van der Waals surface area contributed by atoms with Crippen LogP contribution in [-0.2, 0) is 14.3 Å². The van der Waals surface area contributed by atoms with Gasteiger partial charge in [-0.15, -0.1) is 0 Å². The van der Waals surface area contributed by atoms with Crippen LogP contribution in [0.1, 0.15) is 58.3 Å². The van der Waals surface area contributed by atoms with Crippen LogP contribution in [0.5, 0.6) is 0 Å². The fourth-order valence-electron chi connectivity index (χ4n) is 1.89. The molecule has 1 unspecified atom stereocenters. The number of esters is 1. The molecule has 3 heteroatoms. The van der Waals surface area contributed by atoms with Crippen LogP contribution in [-0.4, -0.2) is 17.9 Å². The Hall–Kier alpha value is -1.12. The van der Waals surface area contributed by atoms with Crippen molar-refractivity contribution < 1.29 is 14.3 Å². The Kier molecular flexibility index (Phi) is 6.60. The number of unbranched alkanes of at least 4 members (excludes halogenated alkanes) is 2. The molecule has 1 saturated carbocycles. The molecule has 0 radical (unpaired) electrons. The molecule has 1 aliphatic carbocycles. The highest BCUT2D eigenvalue weighted by molar-refractivity contribution is 5.87. The molecule has 0 amide bonds. The second kappa shape index (κ2) is 8.04. The topological polar surface area (TPSA) is 43.4 Å². The summed E-state index contributed by atoms with van der Waals surface area (Å²) in [5, 5.41) is 0. The molecule has 0 heterocycles. The van der Waals surface area contributed by atoms with Crippen LogP contribution in [0.15, 0.2) is 12.2 Å². The lowest BCUT2D eigenvalue weighted by Gasteiger charge is -2.09. The largest absolute Gasteiger partial charge is 0.454 e. The molecule has 0 aliphatic heterocycles. The first-order valence-corrected chi connectivity index (χ1v) is 6.61. The highest BCUT2D eigenvalue weighted by atomic mass is 16.5. The minimum atomic E-state index is -0.446. The van der Waals surface area contributed by atoms with E-state index in [2.05, 4.69) is 19.1 Å². The van der Waals surface area contributed by atoms with Crippen molar-refractivity contribution in [3.8, 4) is 0 Å². The summed E-state index contributed by atoms with van der Waals surface area (Å²) in [6, 6.07) is 0. The van der Waals surface area contributed by atoms with Gasteiger partial charge in [-0.2, -0.15) is 0 Å². The van der Waals surface area contributed by atoms with Crippen LogP contribution < -0.4 is 0 Å². The molecule has 3 nitrogen and oxygen atoms in total. The Balaban J connectivity index is 2.07. The average molecular weight is 238 g/mol. The van der Waals surface area contributed by atoms with Crippen molar-refractivity contribution in [3.63, 3.8) is 0 Å². The number of hydrogen-bond donors (Lipinski definition) is 0. The maximum atomic E-state index is 11.4. The van der Waals surface area contributed by atoms with Crippen molar-refractivity contribution in [2.75, 3.05) is 0 Å². The summed E-state index contributed by atoms with van der Waals surface area (Å²) in [4.78, 5) is 22.7. The number of carbonyl (C=O) groups excluding carboxylic acids is 2. The zero-order chi connectivity index (χ0) is 12.5. The van der Waals surface area contributed by atoms with Crippen LogP contribution in [0.3, 0.4) is 0 Å². The summed E-state index contributed by atoms with van der Waals surface area (Å²) in [6.45, 7) is 2.14. The Morgan fingerprint density at radius 1 is 1.41 bits per heavy atom. The zero-order valence-corrected chi connectivity index (χ0v) is 10.6. The molecule has 0 bridgehead atoms. The van der Waals surface area contributed by atoms with Crippen molar-refractivity contribution in [2.45, 2.75) is 64.4 Å². The summed E-state index contributed by atoms with van der Waals surface area (Å²) in [5.74, 6) is -0.143. The average Bonchev–Trinajstić information content (AvgIpc) is 2.69. The Morgan fingerprint density at radius 2 is 2.18 bits per heavy atom. The molecule has 96 valence electrons. The van der Waals surface area contributed by atoms with Gasteiger partial charge in [0.1, 0.15) is 0 Å². The molecule has 17 heavy (non-hydrogen) atoms. The second-order valence-corrected chi connectivity index (χ2v) is 4.49. The summed E-state index contributed by atoms with van der Waals surface area (Å²) in [5.41, 5.74) is 0. The first-order chi connectivity index (χ1) is 8.24. The van der Waals surface area contributed by atoms with Crippen LogP contribution in [0.25, 0.3) is 0 Å². The second-order valence-electron chi connectivity index (χ2n) is 4.49. The van der Waals surface area contributed by atoms with Crippen molar-refractivity contribution in [1.82, 2.24) is 0 Å². The molecule has 0 saturated heterocycles. The lowest BCUT2D eigenvalue weighted by molar-refractivity contribution is -0.153. The van der Waals surface area contributed by atoms with Crippen LogP contribution in [0.2, 0.25) is 0 Å². The molecule has 0 N–H and O–H groups in total. The number of ketones is 1. The predicted molar refractivity (Wildman–Crippen MR) is 66.6 cm³/mol. The van der Waals surface area contributed by atoms with Gasteiger partial charge in [-0.1, -0.05) is 25.5 Å². The lowest BCUT2D eigenvalue weighted by Crippen LogP contribution is -2.21. The normalized spacial score (nSPS) is 20.1. The minimum absolute atomic E-state index is 0.0844. The molecule has 1 atom stereocenters. The molecule has 1 fully saturated rings. The van der Waals surface area contributed by atoms with E-state index in [0.717, 1.165) is 32.1 Å². The number of allylic oxidation sites excluding steroid dienone is 2. The van der Waals surface area contributed by atoms with Crippen molar-refractivity contribution >= 4 is 11.8 Å². The van der Waals surface area contributed by atoms with Gasteiger partial charge >= 0.3 is 5.97 Å². The third-order valence-corrected chi connectivity index (χ3v) is 2.90. The van der Waals surface area contributed by atoms with E-state index >= 15 is 0 Å². The fraction of sp³-hybridized carbons (Fsp3) is 0.714. The quantitative estimate of drug-likeness (QED) is 0.388. The summed E-state index contributed by atoms with van der Waals surface area (Å²) in [6.07, 6.45) is 10.3. The van der Waals surface area contributed by atoms with Crippen LogP contribution >= 0.6 is 0 Å². The van der Waals surface area contributed by atoms with Gasteiger partial charge in [-0.25, -0.2) is 0 Å². The van der Waals surface area contributed by atoms with Gasteiger partial charge < -0.3 is 4.74 Å². The van der Waals surface area contributed by atoms with Crippen LogP contribution in [0.4, 0.5) is 0 Å². The van der Waals surface area contributed by atoms with E-state index in [1.54, 1.807) is 0 Å². The van der Waals surface area contributed by atoms with E-state index in [4.69, 9.17) is 4.74 Å². The van der Waals surface area contributed by atoms with Gasteiger partial charge in [0.05, 0.1) is 0 Å². The van der Waals surface area contributed by atoms with Gasteiger partial charge in [0.15, 0.2) is 11.9 Å². The van der Waals surface area contributed by atoms with E-state index in [9.17, 15) is 9.59 Å². The third kappa shape index (κ3) is 5.66. The number of ether oxygens (including phenoxy) is 1. The van der Waals surface area contributed by atoms with Gasteiger partial charge in [-0.3, -0.25) is 9.59 Å². The van der Waals surface area contributed by atoms with E-state index in [1.165, 1.54) is 0 Å². The molecule has 1 rings (SSSR count). The SMILES string of the molecule is CCC/C=C\CCCC(=O)OC1CCCC1=O. The number of carbonyl (C=O) groups is 2. The van der Waals surface area contributed by atoms with E-state index in [0.29, 0.717) is 19.3 Å². The maximum absolute atomic E-state index is 11.4. The highest BCUT2D eigenvalue weighted by Crippen LogP contribution is 2.18. The van der Waals surface area contributed by atoms with E-state index in [-0.39, 0.29) is 11.8 Å². The molecule has 0 spiro atoms. The first-order valence-electron chi connectivity index (χ1n) is 6.61. The minimum Gasteiger partial charge on any atom is -0.454 e. The van der Waals surface area contributed by atoms with E-state index in [1.807, 2.05) is 0 Å². The molecule has 0 aromatic rings. The van der Waals surface area contributed by atoms with Gasteiger partial charge in [-0.05, 0) is 32.1 Å². The van der Waals surface area contributed by atoms with Gasteiger partial charge in [0, 0.05) is 12.8 Å². The van der Waals surface area contributed by atoms with Crippen molar-refractivity contribution in [2.24, 2.45) is 0 Å². The summed E-state index contributed by atoms with van der Waals surface area (Å²) < 4.78 is 5.14. The summed E-state index contributed by atoms with van der Waals surface area (Å²) >= 11 is 0. The molecular weight excluding hydrogens is 216 g/mol. The number of hydrogen-bond acceptors (Lipinski definition) is 3. The predicted octanol–water partition coefficient (Wildman–Crippen LogP) is 3.18. The standard InChI is InChI=1S/C14H22O3/c1-2-3-4-5-6-7-11-14(16)17-13-10-8-9-12(13)15/h4-5,13H,2-3,6-11H2,1H3/b5-4-. The Morgan fingerprint density at radius 3 is 2.82 bits per heavy atom. The first kappa shape index (κ1) is 13.9. The third-order valence-electron chi connectivity index (χ3n) is 2.90. The Labute approximate surface area is 103 Å². The van der Waals surface area contributed by atoms with Gasteiger partial charge in [0.2, 0.25) is 0 Å². The maximum Gasteiger partial charge on any atom is 0.306 e. The monoisotopic (exact) mass is 238 g/mol. The molecule has 0 aromatic heterocycles. The fourth-order valence-corrected chi connectivity index (χ4v) is 1.89. The van der Waals surface area contributed by atoms with Crippen LogP contribution in [0, 0.1) is 0 Å². The van der Waals surface area contributed by atoms with E-state index < -0.39 is 6.10 Å². The highest BCUT2D eigenvalue weighted by Gasteiger charge is 2.27. The Bertz CT molecular complexity index is 281. The smallest absolute Gasteiger partial charge is 0.306 e. The molecule has 1 aliphatic rings. The van der Waals surface area contributed by atoms with Crippen molar-refractivity contribution in [3.05, 3.63) is 12.2 Å². The zero-order valence-electron chi connectivity index (χ0n) is 10.6. The molecular formula is C14H22O3. The summed E-state index contributed by atoms with van der Waals surface area (Å²) in [7, 11) is 0. The van der Waals surface area contributed by atoms with Gasteiger partial charge in [0.25, 0.3) is 0 Å².